The van der Waals surface area contributed by atoms with Gasteiger partial charge in [-0.15, -0.1) is 5.92 Å². The van der Waals surface area contributed by atoms with Gasteiger partial charge in [0.15, 0.2) is 17.5 Å². The Hall–Kier alpha value is -3.79. The lowest BCUT2D eigenvalue weighted by atomic mass is 9.49. The molecule has 79 heavy (non-hydrogen) atoms. The van der Waals surface area contributed by atoms with Gasteiger partial charge in [-0.1, -0.05) is 82.8 Å². The molecule has 9 fully saturated rings. The van der Waals surface area contributed by atoms with Gasteiger partial charge >= 0.3 is 5.97 Å². The third-order valence-corrected chi connectivity index (χ3v) is 29.0. The molecule has 8 saturated carbocycles. The number of ether oxygens (including phenoxy) is 2. The summed E-state index contributed by atoms with van der Waals surface area (Å²) in [5.41, 5.74) is 9.70. The summed E-state index contributed by atoms with van der Waals surface area (Å²) in [4.78, 5) is 36.0. The van der Waals surface area contributed by atoms with Crippen LogP contribution in [0.3, 0.4) is 0 Å². The van der Waals surface area contributed by atoms with Gasteiger partial charge in [0.1, 0.15) is 16.1 Å². The van der Waals surface area contributed by atoms with Crippen LogP contribution in [0, 0.1) is 69.0 Å². The van der Waals surface area contributed by atoms with E-state index in [1.54, 1.807) is 0 Å². The monoisotopic (exact) mass is 1110 g/mol. The molecule has 0 aromatic heterocycles. The summed E-state index contributed by atoms with van der Waals surface area (Å²) in [7, 11) is 4.25. The number of aliphatic hydroxyl groups is 1. The van der Waals surface area contributed by atoms with Crippen LogP contribution in [0.25, 0.3) is 0 Å². The number of allylic oxidation sites excluding steroid dienone is 1. The largest absolute Gasteiger partial charge is 0.504 e. The van der Waals surface area contributed by atoms with Gasteiger partial charge in [-0.2, -0.15) is 0 Å². The molecule has 2 aromatic rings. The highest BCUT2D eigenvalue weighted by Crippen LogP contribution is 2.70. The van der Waals surface area contributed by atoms with Gasteiger partial charge < -0.3 is 35.6 Å². The molecule has 6 spiro atoms. The molecule has 16 unspecified atom stereocenters. The summed E-state index contributed by atoms with van der Waals surface area (Å²) in [5.74, 6) is 12.0. The van der Waals surface area contributed by atoms with Gasteiger partial charge in [-0.25, -0.2) is 0 Å². The molecule has 17 aliphatic rings. The van der Waals surface area contributed by atoms with Crippen LogP contribution in [-0.4, -0.2) is 73.5 Å². The van der Waals surface area contributed by atoms with Crippen molar-refractivity contribution in [2.45, 2.75) is 226 Å². The molecule has 8 aliphatic heterocycles. The number of benzene rings is 2. The van der Waals surface area contributed by atoms with E-state index in [9.17, 15) is 15.0 Å². The normalized spacial score (nSPS) is 44.3. The average Bonchev–Trinajstić information content (AvgIpc) is 3.99. The second kappa shape index (κ2) is 19.1. The maximum absolute atomic E-state index is 15.3. The first-order valence-electron chi connectivity index (χ1n) is 31.7. The van der Waals surface area contributed by atoms with Crippen molar-refractivity contribution in [1.29, 1.82) is 0 Å². The number of aryl methyl sites for hydroxylation is 1. The Bertz CT molecular complexity index is 2920. The summed E-state index contributed by atoms with van der Waals surface area (Å²) < 4.78 is 13.9. The zero-order valence-corrected chi connectivity index (χ0v) is 48.6. The summed E-state index contributed by atoms with van der Waals surface area (Å²) in [6.07, 6.45) is 31.5. The number of nitrogens with zero attached hydrogens (tertiary/aromatic N) is 2. The van der Waals surface area contributed by atoms with E-state index in [2.05, 4.69) is 87.3 Å². The van der Waals surface area contributed by atoms with Gasteiger partial charge in [-0.3, -0.25) is 14.6 Å². The minimum absolute atomic E-state index is 0.0752. The van der Waals surface area contributed by atoms with Crippen molar-refractivity contribution in [3.05, 3.63) is 70.8 Å². The molecule has 2 aromatic carbocycles. The number of phenols is 1. The smallest absolute Gasteiger partial charge is 0.303 e. The first-order valence-corrected chi connectivity index (χ1v) is 33.9. The number of guanidine groups is 1. The summed E-state index contributed by atoms with van der Waals surface area (Å²) >= 11 is 0. The number of carbonyl (C=O) groups is 2. The van der Waals surface area contributed by atoms with Crippen molar-refractivity contribution in [2.24, 2.45) is 67.9 Å². The maximum Gasteiger partial charge on any atom is 0.303 e. The predicted molar refractivity (Wildman–Crippen MR) is 312 cm³/mol. The van der Waals surface area contributed by atoms with Crippen LogP contribution in [0.15, 0.2) is 53.5 Å². The summed E-state index contributed by atoms with van der Waals surface area (Å²) in [6.45, 7) is 2.73. The van der Waals surface area contributed by atoms with E-state index < -0.39 is 22.5 Å². The lowest BCUT2D eigenvalue weighted by Crippen LogP contribution is -2.56. The number of carbonyl (C=O) groups excluding carboxylic acids is 2. The summed E-state index contributed by atoms with van der Waals surface area (Å²) in [5, 5.41) is 30.2. The molecule has 9 aliphatic carbocycles. The Morgan fingerprint density at radius 3 is 2.62 bits per heavy atom. The third-order valence-electron chi connectivity index (χ3n) is 25.4. The molecule has 19 rings (SSSR count). The van der Waals surface area contributed by atoms with Crippen LogP contribution < -0.4 is 15.8 Å². The van der Waals surface area contributed by atoms with Gasteiger partial charge in [0.25, 0.3) is 0 Å². The number of fused-ring (bicyclic) bond motifs is 4. The van der Waals surface area contributed by atoms with Crippen LogP contribution in [0.1, 0.15) is 208 Å². The minimum atomic E-state index is -0.813. The van der Waals surface area contributed by atoms with Gasteiger partial charge in [-0.05, 0) is 211 Å². The van der Waals surface area contributed by atoms with Gasteiger partial charge in [0, 0.05) is 66.5 Å². The highest BCUT2D eigenvalue weighted by atomic mass is 33.1. The van der Waals surface area contributed by atoms with E-state index in [-0.39, 0.29) is 63.2 Å². The van der Waals surface area contributed by atoms with Crippen LogP contribution in [0.2, 0.25) is 0 Å². The van der Waals surface area contributed by atoms with Crippen molar-refractivity contribution in [1.82, 2.24) is 10.2 Å². The summed E-state index contributed by atoms with van der Waals surface area (Å²) in [6, 6.07) is 13.1. The molecule has 1 saturated heterocycles. The standard InChI is InChI=1S/C67H86N4O6S2/c1-42(72)76-63-31-19-45-34-47(58(75)59-57(45)46-20-33-66(77-59)27-8-13-48(66)35-46)39-71-41-65(38-56(71)74)51(44-11-3-2-4-12-44)22-30-62(65)23-7-10-43-18-29-61(36-43)24-9-28-67(61,70-60(68)69-40-62)79-78-55-17-16-52-49(50(21-32-63)54(73)37-63)14-15-53(55)64(52)25-5-6-26-64/h2-4,11-12,16-17,34,43,46,48-55,73,75H,5-6,8-10,13-15,18-22,24-33,35-41H2,1H3,(H3,68,69,70). The second-order valence-electron chi connectivity index (χ2n) is 28.7. The molecule has 5 N–H and O–H groups in total. The first-order chi connectivity index (χ1) is 38.3. The first kappa shape index (κ1) is 52.0. The molecule has 16 bridgehead atoms. The molecule has 12 heteroatoms. The topological polar surface area (TPSA) is 147 Å². The van der Waals surface area contributed by atoms with Crippen molar-refractivity contribution in [3.8, 4) is 23.3 Å². The fourth-order valence-electron chi connectivity index (χ4n) is 21.9. The fourth-order valence-corrected chi connectivity index (χ4v) is 26.0. The average molecular weight is 1110 g/mol. The Kier molecular flexibility index (Phi) is 12.6. The second-order valence-corrected chi connectivity index (χ2v) is 31.4. The molecule has 1 amide bonds. The van der Waals surface area contributed by atoms with Crippen LogP contribution in [0.5, 0.6) is 11.5 Å². The lowest BCUT2D eigenvalue weighted by molar-refractivity contribution is -0.172. The number of esters is 1. The zero-order valence-electron chi connectivity index (χ0n) is 46.9. The third kappa shape index (κ3) is 7.98. The Labute approximate surface area is 477 Å². The van der Waals surface area contributed by atoms with E-state index in [0.29, 0.717) is 85.3 Å². The molecule has 422 valence electrons. The highest BCUT2D eigenvalue weighted by molar-refractivity contribution is 8.77. The molecule has 8 heterocycles. The number of nitrogens with one attached hydrogen (secondary N) is 1. The Morgan fingerprint density at radius 2 is 1.77 bits per heavy atom. The van der Waals surface area contributed by atoms with Gasteiger partial charge in [0.05, 0.1) is 18.1 Å². The number of aliphatic hydroxyl groups excluding tert-OH is 1. The molecule has 0 radical (unpaired) electrons. The lowest BCUT2D eigenvalue weighted by Gasteiger charge is -2.58. The van der Waals surface area contributed by atoms with Crippen LogP contribution in [0.4, 0.5) is 0 Å². The number of hydrogen-bond acceptors (Lipinski definition) is 11. The van der Waals surface area contributed by atoms with Crippen molar-refractivity contribution in [2.75, 3.05) is 13.1 Å². The fraction of sp³-hybridized carbons (Fsp3) is 0.716. The van der Waals surface area contributed by atoms with Crippen molar-refractivity contribution in [3.63, 3.8) is 0 Å². The van der Waals surface area contributed by atoms with E-state index in [4.69, 9.17) is 20.2 Å². The van der Waals surface area contributed by atoms with E-state index >= 15 is 4.79 Å². The van der Waals surface area contributed by atoms with E-state index in [1.165, 1.54) is 70.3 Å². The van der Waals surface area contributed by atoms with Crippen LogP contribution >= 0.6 is 21.6 Å². The number of nitrogens with two attached hydrogens (primary N) is 1. The SMILES string of the molecule is CC(=O)OC12CCc3cc(c(O)c4c3C3CCC5(CCCC5C3)O4)CN3CC4(CC3=O)C(c3ccccc3)CCC43C#CCC4CCC5(CCCC5(NC(N)=NC3)SSC3C=CC5C(CCC3C53CCCC3)C(CC1)C(O)C2)C4. The molecular weight excluding hydrogens is 1020 g/mol. The molecule has 16 atom stereocenters. The van der Waals surface area contributed by atoms with E-state index in [0.717, 1.165) is 107 Å². The Balaban J connectivity index is 0.874. The number of hydrogen-bond donors (Lipinski definition) is 4. The van der Waals surface area contributed by atoms with Gasteiger partial charge in [0.2, 0.25) is 5.91 Å². The number of aliphatic imine (C=N–C) groups is 1. The van der Waals surface area contributed by atoms with Crippen LogP contribution in [-0.2, 0) is 27.3 Å². The quantitative estimate of drug-likeness (QED) is 0.0992. The number of phenolic OH excluding ortho intramolecular Hbond substituents is 1. The maximum atomic E-state index is 15.3. The van der Waals surface area contributed by atoms with Crippen molar-refractivity contribution >= 4 is 39.4 Å². The Morgan fingerprint density at radius 1 is 0.899 bits per heavy atom. The minimum Gasteiger partial charge on any atom is -0.504 e. The predicted octanol–water partition coefficient (Wildman–Crippen LogP) is 12.8. The van der Waals surface area contributed by atoms with E-state index in [1.807, 2.05) is 4.90 Å². The number of amides is 1. The number of aromatic hydroxyl groups is 1. The number of rotatable bonds is 2. The van der Waals surface area contributed by atoms with Crippen molar-refractivity contribution < 1.29 is 29.3 Å². The zero-order chi connectivity index (χ0) is 53.6. The highest BCUT2D eigenvalue weighted by Gasteiger charge is 2.66. The molecular formula is C67H86N4O6S2. The molecule has 10 nitrogen and oxygen atoms in total.